The van der Waals surface area contributed by atoms with Gasteiger partial charge in [0, 0.05) is 11.3 Å². The minimum Gasteiger partial charge on any atom is -0.480 e. The predicted molar refractivity (Wildman–Crippen MR) is 86.1 cm³/mol. The van der Waals surface area contributed by atoms with E-state index in [1.54, 1.807) is 0 Å². The lowest BCUT2D eigenvalue weighted by Gasteiger charge is -2.26. The van der Waals surface area contributed by atoms with E-state index >= 15 is 0 Å². The van der Waals surface area contributed by atoms with Crippen LogP contribution in [0.3, 0.4) is 0 Å². The van der Waals surface area contributed by atoms with E-state index in [2.05, 4.69) is 23.5 Å². The van der Waals surface area contributed by atoms with Crippen molar-refractivity contribution in [2.45, 2.75) is 56.4 Å². The molecule has 1 aromatic carbocycles. The average molecular weight is 313 g/mol. The Labute approximate surface area is 136 Å². The van der Waals surface area contributed by atoms with E-state index in [-0.39, 0.29) is 17.2 Å². The molecule has 4 heteroatoms. The molecule has 2 saturated carbocycles. The van der Waals surface area contributed by atoms with Crippen molar-refractivity contribution in [2.75, 3.05) is 0 Å². The minimum atomic E-state index is -0.899. The van der Waals surface area contributed by atoms with Gasteiger partial charge in [0.05, 0.1) is 0 Å². The molecule has 2 N–H and O–H groups in total. The zero-order valence-electron chi connectivity index (χ0n) is 13.3. The minimum absolute atomic E-state index is 0.0262. The predicted octanol–water partition coefficient (Wildman–Crippen LogP) is 2.65. The first-order valence-corrected chi connectivity index (χ1v) is 8.72. The van der Waals surface area contributed by atoms with Crippen molar-refractivity contribution < 1.29 is 14.7 Å². The molecule has 2 fully saturated rings. The summed E-state index contributed by atoms with van der Waals surface area (Å²) in [5, 5.41) is 12.2. The normalized spacial score (nSPS) is 29.7. The lowest BCUT2D eigenvalue weighted by atomic mass is 9.78. The van der Waals surface area contributed by atoms with Gasteiger partial charge in [-0.3, -0.25) is 4.79 Å². The van der Waals surface area contributed by atoms with Crippen LogP contribution in [0.5, 0.6) is 0 Å². The molecule has 3 unspecified atom stereocenters. The Kier molecular flexibility index (Phi) is 3.43. The number of carboxylic acid groups (broad SMARTS) is 1. The van der Waals surface area contributed by atoms with Crippen LogP contribution in [0.4, 0.5) is 0 Å². The molecule has 0 radical (unpaired) electrons. The molecule has 3 atom stereocenters. The highest BCUT2D eigenvalue weighted by atomic mass is 16.4. The van der Waals surface area contributed by atoms with Crippen molar-refractivity contribution >= 4 is 11.9 Å². The van der Waals surface area contributed by atoms with Gasteiger partial charge in [-0.05, 0) is 49.1 Å². The Morgan fingerprint density at radius 2 is 2.09 bits per heavy atom. The lowest BCUT2D eigenvalue weighted by Crippen LogP contribution is -2.43. The first-order valence-electron chi connectivity index (χ1n) is 8.72. The molecule has 122 valence electrons. The molecule has 0 heterocycles. The van der Waals surface area contributed by atoms with Gasteiger partial charge >= 0.3 is 5.97 Å². The SMILES string of the molecule is O=C(O)C(CC1CC1)NC(=O)C1CC12CCCc1ccccc12. The van der Waals surface area contributed by atoms with Crippen molar-refractivity contribution in [3.8, 4) is 0 Å². The number of carboxylic acids is 1. The molecule has 1 amide bonds. The summed E-state index contributed by atoms with van der Waals surface area (Å²) in [5.74, 6) is -0.524. The third-order valence-electron chi connectivity index (χ3n) is 5.90. The molecule has 4 nitrogen and oxygen atoms in total. The Morgan fingerprint density at radius 3 is 2.83 bits per heavy atom. The van der Waals surface area contributed by atoms with E-state index in [9.17, 15) is 14.7 Å². The van der Waals surface area contributed by atoms with Gasteiger partial charge in [0.2, 0.25) is 5.91 Å². The van der Waals surface area contributed by atoms with Crippen molar-refractivity contribution in [3.05, 3.63) is 35.4 Å². The molecule has 1 aromatic rings. The number of rotatable bonds is 5. The Hall–Kier alpha value is -1.84. The molecule has 0 saturated heterocycles. The third kappa shape index (κ3) is 2.64. The summed E-state index contributed by atoms with van der Waals surface area (Å²) in [5.41, 5.74) is 2.66. The number of nitrogens with one attached hydrogen (secondary N) is 1. The Bertz CT molecular complexity index is 652. The fourth-order valence-corrected chi connectivity index (χ4v) is 4.36. The molecule has 0 aliphatic heterocycles. The van der Waals surface area contributed by atoms with Crippen molar-refractivity contribution in [1.29, 1.82) is 0 Å². The number of hydrogen-bond acceptors (Lipinski definition) is 2. The number of amides is 1. The zero-order valence-corrected chi connectivity index (χ0v) is 13.3. The summed E-state index contributed by atoms with van der Waals surface area (Å²) < 4.78 is 0. The fourth-order valence-electron chi connectivity index (χ4n) is 4.36. The van der Waals surface area contributed by atoms with Crippen LogP contribution in [0.15, 0.2) is 24.3 Å². The molecule has 3 aliphatic carbocycles. The van der Waals surface area contributed by atoms with E-state index in [4.69, 9.17) is 0 Å². The Balaban J connectivity index is 1.48. The fraction of sp³-hybridized carbons (Fsp3) is 0.579. The van der Waals surface area contributed by atoms with Crippen LogP contribution in [0, 0.1) is 11.8 Å². The van der Waals surface area contributed by atoms with Crippen molar-refractivity contribution in [1.82, 2.24) is 5.32 Å². The van der Waals surface area contributed by atoms with Crippen LogP contribution in [0.1, 0.15) is 49.7 Å². The quantitative estimate of drug-likeness (QED) is 0.878. The first-order chi connectivity index (χ1) is 11.1. The lowest BCUT2D eigenvalue weighted by molar-refractivity contribution is -0.142. The number of hydrogen-bond donors (Lipinski definition) is 2. The molecule has 0 bridgehead atoms. The van der Waals surface area contributed by atoms with Gasteiger partial charge in [-0.25, -0.2) is 4.79 Å². The Morgan fingerprint density at radius 1 is 1.30 bits per heavy atom. The van der Waals surface area contributed by atoms with E-state index in [0.717, 1.165) is 38.5 Å². The van der Waals surface area contributed by atoms with Crippen LogP contribution >= 0.6 is 0 Å². The van der Waals surface area contributed by atoms with Gasteiger partial charge in [0.25, 0.3) is 0 Å². The third-order valence-corrected chi connectivity index (χ3v) is 5.90. The second-order valence-electron chi connectivity index (χ2n) is 7.50. The van der Waals surface area contributed by atoms with Crippen LogP contribution in [0.2, 0.25) is 0 Å². The summed E-state index contributed by atoms with van der Waals surface area (Å²) in [4.78, 5) is 24.0. The summed E-state index contributed by atoms with van der Waals surface area (Å²) in [6, 6.07) is 7.71. The summed E-state index contributed by atoms with van der Waals surface area (Å²) in [6.45, 7) is 0. The van der Waals surface area contributed by atoms with Crippen LogP contribution < -0.4 is 5.32 Å². The van der Waals surface area contributed by atoms with Gasteiger partial charge in [-0.1, -0.05) is 37.1 Å². The number of aliphatic carboxylic acids is 1. The maximum absolute atomic E-state index is 12.6. The summed E-state index contributed by atoms with van der Waals surface area (Å²) in [7, 11) is 0. The van der Waals surface area contributed by atoms with Crippen molar-refractivity contribution in [2.24, 2.45) is 11.8 Å². The molecule has 1 spiro atoms. The maximum atomic E-state index is 12.6. The number of benzene rings is 1. The highest BCUT2D eigenvalue weighted by Crippen LogP contribution is 2.60. The molecule has 4 rings (SSSR count). The van der Waals surface area contributed by atoms with E-state index in [1.807, 2.05) is 6.07 Å². The van der Waals surface area contributed by atoms with Crippen molar-refractivity contribution in [3.63, 3.8) is 0 Å². The first kappa shape index (κ1) is 14.7. The van der Waals surface area contributed by atoms with Gasteiger partial charge in [-0.2, -0.15) is 0 Å². The largest absolute Gasteiger partial charge is 0.480 e. The van der Waals surface area contributed by atoms with Gasteiger partial charge in [0.1, 0.15) is 6.04 Å². The van der Waals surface area contributed by atoms with E-state index in [1.165, 1.54) is 11.1 Å². The van der Waals surface area contributed by atoms with Crippen LogP contribution in [-0.2, 0) is 21.4 Å². The number of aryl methyl sites for hydroxylation is 1. The highest BCUT2D eigenvalue weighted by molar-refractivity contribution is 5.88. The van der Waals surface area contributed by atoms with E-state index < -0.39 is 12.0 Å². The summed E-state index contributed by atoms with van der Waals surface area (Å²) >= 11 is 0. The molecule has 23 heavy (non-hydrogen) atoms. The van der Waals surface area contributed by atoms with Gasteiger partial charge in [0.15, 0.2) is 0 Å². The van der Waals surface area contributed by atoms with Gasteiger partial charge in [-0.15, -0.1) is 0 Å². The maximum Gasteiger partial charge on any atom is 0.326 e. The molecular formula is C19H23NO3. The summed E-state index contributed by atoms with van der Waals surface area (Å²) in [6.07, 6.45) is 6.89. The second-order valence-corrected chi connectivity index (χ2v) is 7.50. The average Bonchev–Trinajstić information content (AvgIpc) is 3.44. The number of carbonyl (C=O) groups is 2. The highest BCUT2D eigenvalue weighted by Gasteiger charge is 2.60. The van der Waals surface area contributed by atoms with Gasteiger partial charge < -0.3 is 10.4 Å². The number of fused-ring (bicyclic) bond motifs is 2. The topological polar surface area (TPSA) is 66.4 Å². The van der Waals surface area contributed by atoms with Crippen LogP contribution in [0.25, 0.3) is 0 Å². The van der Waals surface area contributed by atoms with E-state index in [0.29, 0.717) is 12.3 Å². The standard InChI is InChI=1S/C19H23NO3/c21-17(20-16(18(22)23)10-12-7-8-12)15-11-19(15)9-3-5-13-4-1-2-6-14(13)19/h1-2,4,6,12,15-16H,3,5,7-11H2,(H,20,21)(H,22,23). The smallest absolute Gasteiger partial charge is 0.326 e. The monoisotopic (exact) mass is 313 g/mol. The van der Waals surface area contributed by atoms with Crippen LogP contribution in [-0.4, -0.2) is 23.0 Å². The molecular weight excluding hydrogens is 290 g/mol. The molecule has 0 aromatic heterocycles. The zero-order chi connectivity index (χ0) is 16.0. The number of carbonyl (C=O) groups excluding carboxylic acids is 1. The molecule has 3 aliphatic rings. The second kappa shape index (κ2) is 5.36.